The molecule has 0 bridgehead atoms. The van der Waals surface area contributed by atoms with Gasteiger partial charge in [0.05, 0.1) is 22.0 Å². The molecule has 3 nitrogen and oxygen atoms in total. The summed E-state index contributed by atoms with van der Waals surface area (Å²) in [5, 5.41) is 1.07. The maximum atomic E-state index is 13.8. The van der Waals surface area contributed by atoms with Crippen LogP contribution in [0.5, 0.6) is 0 Å². The zero-order valence-electron chi connectivity index (χ0n) is 12.2. The SMILES string of the molecule is Cc1nc2sc(C(=O)c3ccc(F)cc3F)c(N)c2c(C)c1Cl. The van der Waals surface area contributed by atoms with Crippen molar-refractivity contribution < 1.29 is 13.6 Å². The maximum Gasteiger partial charge on any atom is 0.208 e. The Kier molecular flexibility index (Phi) is 3.82. The summed E-state index contributed by atoms with van der Waals surface area (Å²) in [4.78, 5) is 17.6. The summed E-state index contributed by atoms with van der Waals surface area (Å²) >= 11 is 7.25. The van der Waals surface area contributed by atoms with Crippen molar-refractivity contribution >= 4 is 44.6 Å². The Morgan fingerprint density at radius 3 is 2.65 bits per heavy atom. The van der Waals surface area contributed by atoms with Gasteiger partial charge >= 0.3 is 0 Å². The number of hydrogen-bond acceptors (Lipinski definition) is 4. The number of ketones is 1. The van der Waals surface area contributed by atoms with E-state index in [2.05, 4.69) is 4.98 Å². The molecule has 3 aromatic rings. The molecule has 2 heterocycles. The molecule has 0 radical (unpaired) electrons. The molecule has 0 aliphatic rings. The third-order valence-corrected chi connectivity index (χ3v) is 5.25. The van der Waals surface area contributed by atoms with E-state index in [1.54, 1.807) is 13.8 Å². The van der Waals surface area contributed by atoms with Crippen LogP contribution < -0.4 is 5.73 Å². The van der Waals surface area contributed by atoms with Crippen LogP contribution in [0.3, 0.4) is 0 Å². The second kappa shape index (κ2) is 5.54. The molecule has 118 valence electrons. The van der Waals surface area contributed by atoms with E-state index < -0.39 is 17.4 Å². The predicted molar refractivity (Wildman–Crippen MR) is 88.3 cm³/mol. The lowest BCUT2D eigenvalue weighted by molar-refractivity contribution is 0.103. The Bertz CT molecular complexity index is 969. The zero-order valence-corrected chi connectivity index (χ0v) is 13.8. The van der Waals surface area contributed by atoms with Gasteiger partial charge in [0.1, 0.15) is 21.3 Å². The Labute approximate surface area is 139 Å². The molecular formula is C16H11ClF2N2OS. The molecule has 7 heteroatoms. The van der Waals surface area contributed by atoms with Gasteiger partial charge in [0.2, 0.25) is 5.78 Å². The topological polar surface area (TPSA) is 56.0 Å². The number of carbonyl (C=O) groups is 1. The summed E-state index contributed by atoms with van der Waals surface area (Å²) in [5.41, 5.74) is 7.41. The van der Waals surface area contributed by atoms with Gasteiger partial charge in [0.25, 0.3) is 0 Å². The van der Waals surface area contributed by atoms with Gasteiger partial charge in [-0.1, -0.05) is 11.6 Å². The fourth-order valence-electron chi connectivity index (χ4n) is 2.42. The van der Waals surface area contributed by atoms with E-state index >= 15 is 0 Å². The van der Waals surface area contributed by atoms with Gasteiger partial charge in [0, 0.05) is 11.5 Å². The molecule has 23 heavy (non-hydrogen) atoms. The van der Waals surface area contributed by atoms with Crippen LogP contribution in [0.2, 0.25) is 5.02 Å². The van der Waals surface area contributed by atoms with Crippen LogP contribution in [0.25, 0.3) is 10.2 Å². The first-order chi connectivity index (χ1) is 10.8. The molecule has 0 aliphatic carbocycles. The van der Waals surface area contributed by atoms with Crippen LogP contribution in [0.1, 0.15) is 26.5 Å². The minimum atomic E-state index is -0.925. The number of pyridine rings is 1. The summed E-state index contributed by atoms with van der Waals surface area (Å²) < 4.78 is 26.9. The Hall–Kier alpha value is -2.05. The van der Waals surface area contributed by atoms with E-state index in [1.807, 2.05) is 0 Å². The molecule has 0 amide bonds. The van der Waals surface area contributed by atoms with Gasteiger partial charge in [0.15, 0.2) is 0 Å². The van der Waals surface area contributed by atoms with E-state index in [0.717, 1.165) is 29.0 Å². The van der Waals surface area contributed by atoms with Gasteiger partial charge in [-0.2, -0.15) is 0 Å². The number of carbonyl (C=O) groups excluding carboxylic acids is 1. The minimum Gasteiger partial charge on any atom is -0.397 e. The lowest BCUT2D eigenvalue weighted by Gasteiger charge is -2.04. The number of hydrogen-bond donors (Lipinski definition) is 1. The largest absolute Gasteiger partial charge is 0.397 e. The number of aromatic nitrogens is 1. The number of aryl methyl sites for hydroxylation is 2. The number of benzene rings is 1. The average Bonchev–Trinajstić information content (AvgIpc) is 2.81. The monoisotopic (exact) mass is 352 g/mol. The van der Waals surface area contributed by atoms with E-state index in [1.165, 1.54) is 0 Å². The molecule has 0 aliphatic heterocycles. The van der Waals surface area contributed by atoms with Gasteiger partial charge in [-0.15, -0.1) is 11.3 Å². The van der Waals surface area contributed by atoms with Crippen LogP contribution in [-0.4, -0.2) is 10.8 Å². The molecule has 0 unspecified atom stereocenters. The fraction of sp³-hybridized carbons (Fsp3) is 0.125. The molecule has 0 fully saturated rings. The van der Waals surface area contributed by atoms with Crippen molar-refractivity contribution in [3.05, 3.63) is 56.6 Å². The summed E-state index contributed by atoms with van der Waals surface area (Å²) in [6.45, 7) is 3.54. The van der Waals surface area contributed by atoms with E-state index in [0.29, 0.717) is 27.0 Å². The maximum absolute atomic E-state index is 13.8. The summed E-state index contributed by atoms with van der Waals surface area (Å²) in [6, 6.07) is 2.81. The minimum absolute atomic E-state index is 0.169. The lowest BCUT2D eigenvalue weighted by Crippen LogP contribution is -2.05. The average molecular weight is 353 g/mol. The van der Waals surface area contributed by atoms with Crippen molar-refractivity contribution in [2.75, 3.05) is 5.73 Å². The highest BCUT2D eigenvalue weighted by Gasteiger charge is 2.23. The van der Waals surface area contributed by atoms with Gasteiger partial charge in [-0.3, -0.25) is 4.79 Å². The van der Waals surface area contributed by atoms with E-state index in [4.69, 9.17) is 17.3 Å². The van der Waals surface area contributed by atoms with Crippen molar-refractivity contribution in [3.63, 3.8) is 0 Å². The van der Waals surface area contributed by atoms with Crippen LogP contribution in [0, 0.1) is 25.5 Å². The fourth-order valence-corrected chi connectivity index (χ4v) is 3.71. The molecule has 0 saturated carbocycles. The highest BCUT2D eigenvalue weighted by Crippen LogP contribution is 2.39. The van der Waals surface area contributed by atoms with Crippen LogP contribution >= 0.6 is 22.9 Å². The normalized spacial score (nSPS) is 11.2. The quantitative estimate of drug-likeness (QED) is 0.682. The lowest BCUT2D eigenvalue weighted by atomic mass is 10.1. The molecule has 1 aromatic carbocycles. The first-order valence-corrected chi connectivity index (χ1v) is 7.85. The Balaban J connectivity index is 2.22. The molecule has 3 rings (SSSR count). The summed E-state index contributed by atoms with van der Waals surface area (Å²) in [5.74, 6) is -2.27. The summed E-state index contributed by atoms with van der Waals surface area (Å²) in [7, 11) is 0. The number of fused-ring (bicyclic) bond motifs is 1. The second-order valence-corrected chi connectivity index (χ2v) is 6.49. The summed E-state index contributed by atoms with van der Waals surface area (Å²) in [6.07, 6.45) is 0. The molecule has 0 saturated heterocycles. The van der Waals surface area contributed by atoms with Crippen molar-refractivity contribution in [1.82, 2.24) is 4.98 Å². The number of nitrogen functional groups attached to an aromatic ring is 1. The number of rotatable bonds is 2. The highest BCUT2D eigenvalue weighted by atomic mass is 35.5. The second-order valence-electron chi connectivity index (χ2n) is 5.11. The first-order valence-electron chi connectivity index (χ1n) is 6.65. The van der Waals surface area contributed by atoms with Crippen molar-refractivity contribution in [2.24, 2.45) is 0 Å². The highest BCUT2D eigenvalue weighted by molar-refractivity contribution is 7.21. The number of nitrogens with two attached hydrogens (primary N) is 1. The van der Waals surface area contributed by atoms with Gasteiger partial charge < -0.3 is 5.73 Å². The number of thiophene rings is 1. The smallest absolute Gasteiger partial charge is 0.208 e. The number of halogens is 3. The Morgan fingerprint density at radius 2 is 2.00 bits per heavy atom. The predicted octanol–water partition coefficient (Wildman–Crippen LogP) is 4.66. The van der Waals surface area contributed by atoms with Crippen LogP contribution in [-0.2, 0) is 0 Å². The molecule has 2 aromatic heterocycles. The molecule has 0 atom stereocenters. The third-order valence-electron chi connectivity index (χ3n) is 3.60. The van der Waals surface area contributed by atoms with Crippen molar-refractivity contribution in [1.29, 1.82) is 0 Å². The standard InChI is InChI=1S/C16H11ClF2N2OS/c1-6-11-13(20)15(23-16(11)21-7(2)12(6)17)14(22)9-4-3-8(18)5-10(9)19/h3-5H,20H2,1-2H3. The van der Waals surface area contributed by atoms with Gasteiger partial charge in [-0.05, 0) is 31.5 Å². The van der Waals surface area contributed by atoms with Crippen molar-refractivity contribution in [2.45, 2.75) is 13.8 Å². The van der Waals surface area contributed by atoms with Gasteiger partial charge in [-0.25, -0.2) is 13.8 Å². The Morgan fingerprint density at radius 1 is 1.30 bits per heavy atom. The van der Waals surface area contributed by atoms with E-state index in [-0.39, 0.29) is 16.1 Å². The van der Waals surface area contributed by atoms with Crippen LogP contribution in [0.4, 0.5) is 14.5 Å². The van der Waals surface area contributed by atoms with Crippen LogP contribution in [0.15, 0.2) is 18.2 Å². The first kappa shape index (κ1) is 15.8. The number of anilines is 1. The third kappa shape index (κ3) is 2.48. The molecule has 2 N–H and O–H groups in total. The van der Waals surface area contributed by atoms with E-state index in [9.17, 15) is 13.6 Å². The zero-order chi connectivity index (χ0) is 16.9. The molecule has 0 spiro atoms. The molecular weight excluding hydrogens is 342 g/mol. The van der Waals surface area contributed by atoms with Crippen molar-refractivity contribution in [3.8, 4) is 0 Å². The number of nitrogens with zero attached hydrogens (tertiary/aromatic N) is 1.